The van der Waals surface area contributed by atoms with Crippen molar-refractivity contribution in [1.82, 2.24) is 15.2 Å². The van der Waals surface area contributed by atoms with E-state index < -0.39 is 23.5 Å². The molecule has 2 aromatic carbocycles. The van der Waals surface area contributed by atoms with Crippen LogP contribution in [-0.4, -0.2) is 60.0 Å². The van der Waals surface area contributed by atoms with Gasteiger partial charge in [-0.1, -0.05) is 6.07 Å². The van der Waals surface area contributed by atoms with Gasteiger partial charge >= 0.3 is 6.18 Å². The lowest BCUT2D eigenvalue weighted by Gasteiger charge is -2.34. The summed E-state index contributed by atoms with van der Waals surface area (Å²) in [5.74, 6) is -1.12. The first kappa shape index (κ1) is 28.4. The van der Waals surface area contributed by atoms with E-state index in [-0.39, 0.29) is 29.4 Å². The topological polar surface area (TPSA) is 74.8 Å². The van der Waals surface area contributed by atoms with Crippen molar-refractivity contribution in [1.29, 1.82) is 0 Å². The second-order valence-corrected chi connectivity index (χ2v) is 10.2. The molecule has 2 saturated heterocycles. The number of benzene rings is 2. The molecule has 0 atom stereocenters. The summed E-state index contributed by atoms with van der Waals surface area (Å²) in [5.41, 5.74) is 0.575. The minimum Gasteiger partial charge on any atom is -0.487 e. The number of nitrogens with one attached hydrogen (secondary N) is 1. The monoisotopic (exact) mass is 570 g/mol. The van der Waals surface area contributed by atoms with Crippen LogP contribution in [0.5, 0.6) is 5.75 Å². The predicted molar refractivity (Wildman–Crippen MR) is 144 cm³/mol. The van der Waals surface area contributed by atoms with Crippen LogP contribution in [0.1, 0.15) is 52.1 Å². The van der Waals surface area contributed by atoms with Gasteiger partial charge in [0, 0.05) is 62.5 Å². The Bertz CT molecular complexity index is 1350. The van der Waals surface area contributed by atoms with Gasteiger partial charge in [0.1, 0.15) is 11.8 Å². The number of piperidine rings is 2. The number of hydrogen-bond acceptors (Lipinski definition) is 5. The fourth-order valence-corrected chi connectivity index (χ4v) is 5.16. The molecule has 3 aromatic rings. The average molecular weight is 571 g/mol. The standard InChI is InChI=1S/C30H30F4N4O3/c31-25-19-20(28(39)36-22-10-15-38(16-11-22)29(40)26-3-1-2-14-35-26)4-9-27(25)41-24-12-17-37(18-13-24)23-7-5-21(6-8-23)30(32,33)34/h1-9,14,19,22,24H,10-13,15-18H2,(H,36,39). The number of likely N-dealkylation sites (tertiary alicyclic amines) is 1. The molecule has 2 aliphatic rings. The summed E-state index contributed by atoms with van der Waals surface area (Å²) in [4.78, 5) is 33.1. The Morgan fingerprint density at radius 1 is 0.902 bits per heavy atom. The summed E-state index contributed by atoms with van der Waals surface area (Å²) < 4.78 is 59.2. The lowest BCUT2D eigenvalue weighted by atomic mass is 10.0. The zero-order valence-electron chi connectivity index (χ0n) is 22.2. The normalized spacial score (nSPS) is 16.9. The molecule has 3 heterocycles. The molecule has 0 saturated carbocycles. The molecule has 1 aromatic heterocycles. The summed E-state index contributed by atoms with van der Waals surface area (Å²) in [6.07, 6.45) is -0.744. The molecule has 2 amide bonds. The summed E-state index contributed by atoms with van der Waals surface area (Å²) in [7, 11) is 0. The van der Waals surface area contributed by atoms with Gasteiger partial charge in [0.2, 0.25) is 0 Å². The summed E-state index contributed by atoms with van der Waals surface area (Å²) in [5, 5.41) is 2.93. The number of carbonyl (C=O) groups excluding carboxylic acids is 2. The number of anilines is 1. The van der Waals surface area contributed by atoms with E-state index >= 15 is 0 Å². The van der Waals surface area contributed by atoms with Crippen molar-refractivity contribution in [3.8, 4) is 5.75 Å². The lowest BCUT2D eigenvalue weighted by Crippen LogP contribution is -2.46. The number of aromatic nitrogens is 1. The van der Waals surface area contributed by atoms with E-state index in [9.17, 15) is 27.2 Å². The first-order valence-electron chi connectivity index (χ1n) is 13.6. The molecule has 11 heteroatoms. The molecule has 41 heavy (non-hydrogen) atoms. The van der Waals surface area contributed by atoms with E-state index in [4.69, 9.17) is 4.74 Å². The van der Waals surface area contributed by atoms with Crippen LogP contribution in [-0.2, 0) is 6.18 Å². The first-order valence-corrected chi connectivity index (χ1v) is 13.6. The van der Waals surface area contributed by atoms with Gasteiger partial charge in [-0.2, -0.15) is 13.2 Å². The number of nitrogens with zero attached hydrogens (tertiary/aromatic N) is 3. The Kier molecular flexibility index (Phi) is 8.41. The molecule has 0 unspecified atom stereocenters. The first-order chi connectivity index (χ1) is 19.7. The van der Waals surface area contributed by atoms with Crippen molar-refractivity contribution in [2.75, 3.05) is 31.1 Å². The molecular formula is C30H30F4N4O3. The molecule has 1 N–H and O–H groups in total. The fraction of sp³-hybridized carbons (Fsp3) is 0.367. The van der Waals surface area contributed by atoms with Crippen LogP contribution < -0.4 is 15.0 Å². The Balaban J connectivity index is 1.09. The van der Waals surface area contributed by atoms with Crippen molar-refractivity contribution < 1.29 is 31.9 Å². The highest BCUT2D eigenvalue weighted by Gasteiger charge is 2.31. The molecule has 2 aliphatic heterocycles. The fourth-order valence-electron chi connectivity index (χ4n) is 5.16. The Morgan fingerprint density at radius 3 is 2.22 bits per heavy atom. The maximum Gasteiger partial charge on any atom is 0.416 e. The van der Waals surface area contributed by atoms with Crippen LogP contribution in [0.2, 0.25) is 0 Å². The Labute approximate surface area is 235 Å². The highest BCUT2D eigenvalue weighted by atomic mass is 19.4. The zero-order valence-corrected chi connectivity index (χ0v) is 22.2. The molecule has 5 rings (SSSR count). The van der Waals surface area contributed by atoms with Crippen LogP contribution in [0.15, 0.2) is 66.9 Å². The van der Waals surface area contributed by atoms with Crippen molar-refractivity contribution in [3.05, 3.63) is 89.5 Å². The van der Waals surface area contributed by atoms with Gasteiger partial charge in [-0.15, -0.1) is 0 Å². The number of rotatable bonds is 6. The van der Waals surface area contributed by atoms with E-state index in [1.165, 1.54) is 24.3 Å². The molecule has 0 bridgehead atoms. The van der Waals surface area contributed by atoms with E-state index in [2.05, 4.69) is 10.3 Å². The zero-order chi connectivity index (χ0) is 29.0. The number of halogens is 4. The van der Waals surface area contributed by atoms with Crippen LogP contribution in [0.25, 0.3) is 0 Å². The van der Waals surface area contributed by atoms with Gasteiger partial charge in [-0.3, -0.25) is 14.6 Å². The van der Waals surface area contributed by atoms with Gasteiger partial charge in [0.05, 0.1) is 5.56 Å². The van der Waals surface area contributed by atoms with E-state index in [1.807, 2.05) is 4.90 Å². The number of ether oxygens (including phenoxy) is 1. The number of alkyl halides is 3. The van der Waals surface area contributed by atoms with Gasteiger partial charge in [-0.25, -0.2) is 4.39 Å². The highest BCUT2D eigenvalue weighted by Crippen LogP contribution is 2.31. The summed E-state index contributed by atoms with van der Waals surface area (Å²) >= 11 is 0. The Hall–Kier alpha value is -4.15. The largest absolute Gasteiger partial charge is 0.487 e. The molecule has 216 valence electrons. The average Bonchev–Trinajstić information content (AvgIpc) is 2.98. The van der Waals surface area contributed by atoms with E-state index in [1.54, 1.807) is 29.3 Å². The molecule has 7 nitrogen and oxygen atoms in total. The minimum atomic E-state index is -4.38. The van der Waals surface area contributed by atoms with Crippen molar-refractivity contribution >= 4 is 17.5 Å². The van der Waals surface area contributed by atoms with Crippen LogP contribution in [0.3, 0.4) is 0 Å². The van der Waals surface area contributed by atoms with Crippen molar-refractivity contribution in [2.24, 2.45) is 0 Å². The third kappa shape index (κ3) is 6.96. The third-order valence-corrected chi connectivity index (χ3v) is 7.49. The van der Waals surface area contributed by atoms with Gasteiger partial charge < -0.3 is 19.9 Å². The van der Waals surface area contributed by atoms with Gasteiger partial charge in [-0.05, 0) is 67.4 Å². The molecule has 2 fully saturated rings. The van der Waals surface area contributed by atoms with Gasteiger partial charge in [0.15, 0.2) is 11.6 Å². The summed E-state index contributed by atoms with van der Waals surface area (Å²) in [6, 6.07) is 14.2. The smallest absolute Gasteiger partial charge is 0.416 e. The predicted octanol–water partition coefficient (Wildman–Crippen LogP) is 5.32. The number of amides is 2. The van der Waals surface area contributed by atoms with Crippen LogP contribution >= 0.6 is 0 Å². The van der Waals surface area contributed by atoms with E-state index in [0.717, 1.165) is 18.2 Å². The number of hydrogen-bond donors (Lipinski definition) is 1. The SMILES string of the molecule is O=C(NC1CCN(C(=O)c2ccccn2)CC1)c1ccc(OC2CCN(c3ccc(C(F)(F)F)cc3)CC2)c(F)c1. The minimum absolute atomic E-state index is 0.0517. The van der Waals surface area contributed by atoms with Crippen LogP contribution in [0, 0.1) is 5.82 Å². The second-order valence-electron chi connectivity index (χ2n) is 10.2. The molecule has 0 aliphatic carbocycles. The van der Waals surface area contributed by atoms with Crippen molar-refractivity contribution in [3.63, 3.8) is 0 Å². The quantitative estimate of drug-likeness (QED) is 0.406. The maximum atomic E-state index is 14.9. The summed E-state index contributed by atoms with van der Waals surface area (Å²) in [6.45, 7) is 2.09. The van der Waals surface area contributed by atoms with Gasteiger partial charge in [0.25, 0.3) is 11.8 Å². The van der Waals surface area contributed by atoms with E-state index in [0.29, 0.717) is 63.2 Å². The second kappa shape index (κ2) is 12.2. The molecule has 0 spiro atoms. The number of carbonyl (C=O) groups is 2. The molecular weight excluding hydrogens is 540 g/mol. The Morgan fingerprint density at radius 2 is 1.61 bits per heavy atom. The highest BCUT2D eigenvalue weighted by molar-refractivity contribution is 5.94. The maximum absolute atomic E-state index is 14.9. The van der Waals surface area contributed by atoms with Crippen molar-refractivity contribution in [2.45, 2.75) is 44.0 Å². The third-order valence-electron chi connectivity index (χ3n) is 7.49. The van der Waals surface area contributed by atoms with Crippen LogP contribution in [0.4, 0.5) is 23.2 Å². The lowest BCUT2D eigenvalue weighted by molar-refractivity contribution is -0.137. The molecule has 0 radical (unpaired) electrons. The number of pyridine rings is 1.